The van der Waals surface area contributed by atoms with Crippen LogP contribution in [0.1, 0.15) is 20.6 Å². The van der Waals surface area contributed by atoms with Crippen molar-refractivity contribution < 1.29 is 9.53 Å². The van der Waals surface area contributed by atoms with Crippen LogP contribution in [-0.2, 0) is 11.2 Å². The third-order valence-electron chi connectivity index (χ3n) is 4.17. The standard InChI is InChI=1S/C21H20N2O2S3/c24-19(14-25-17-8-6-16(7-9-17)20-26-10-11-27-20)23-21-22-13-18(28-21)12-15-4-2-1-3-5-15/h1-9,13,20H,10-12,14H2,(H,22,23,24). The third-order valence-corrected chi connectivity index (χ3v) is 8.18. The fourth-order valence-corrected chi connectivity index (χ4v) is 6.54. The molecular weight excluding hydrogens is 408 g/mol. The number of amides is 1. The molecule has 0 bridgehead atoms. The van der Waals surface area contributed by atoms with Crippen molar-refractivity contribution in [3.8, 4) is 5.75 Å². The van der Waals surface area contributed by atoms with Gasteiger partial charge in [-0.3, -0.25) is 10.1 Å². The summed E-state index contributed by atoms with van der Waals surface area (Å²) in [5, 5.41) is 3.41. The molecule has 1 aliphatic rings. The number of anilines is 1. The van der Waals surface area contributed by atoms with E-state index in [-0.39, 0.29) is 12.5 Å². The molecular formula is C21H20N2O2S3. The number of rotatable bonds is 7. The fourth-order valence-electron chi connectivity index (χ4n) is 2.82. The number of hydrogen-bond donors (Lipinski definition) is 1. The van der Waals surface area contributed by atoms with Crippen LogP contribution in [0.4, 0.5) is 5.13 Å². The number of aromatic nitrogens is 1. The van der Waals surface area contributed by atoms with Gasteiger partial charge < -0.3 is 4.74 Å². The summed E-state index contributed by atoms with van der Waals surface area (Å²) in [5.74, 6) is 2.91. The molecule has 0 spiro atoms. The Hall–Kier alpha value is -1.96. The zero-order valence-electron chi connectivity index (χ0n) is 15.2. The Balaban J connectivity index is 1.25. The monoisotopic (exact) mass is 428 g/mol. The zero-order valence-corrected chi connectivity index (χ0v) is 17.6. The summed E-state index contributed by atoms with van der Waals surface area (Å²) in [6.45, 7) is -0.0279. The van der Waals surface area contributed by atoms with Gasteiger partial charge in [-0.2, -0.15) is 0 Å². The zero-order chi connectivity index (χ0) is 19.2. The highest BCUT2D eigenvalue weighted by atomic mass is 32.2. The van der Waals surface area contributed by atoms with Gasteiger partial charge in [0.25, 0.3) is 5.91 Å². The van der Waals surface area contributed by atoms with Gasteiger partial charge in [0.2, 0.25) is 0 Å². The van der Waals surface area contributed by atoms with Gasteiger partial charge in [-0.25, -0.2) is 4.98 Å². The molecule has 0 saturated carbocycles. The molecule has 28 heavy (non-hydrogen) atoms. The molecule has 1 fully saturated rings. The SMILES string of the molecule is O=C(COc1ccc(C2SCCS2)cc1)Nc1ncc(Cc2ccccc2)s1. The van der Waals surface area contributed by atoms with Crippen LogP contribution >= 0.6 is 34.9 Å². The minimum Gasteiger partial charge on any atom is -0.484 e. The molecule has 3 aromatic rings. The lowest BCUT2D eigenvalue weighted by molar-refractivity contribution is -0.118. The first-order valence-corrected chi connectivity index (χ1v) is 11.9. The summed E-state index contributed by atoms with van der Waals surface area (Å²) in [6, 6.07) is 18.2. The van der Waals surface area contributed by atoms with E-state index in [4.69, 9.17) is 4.74 Å². The van der Waals surface area contributed by atoms with Crippen LogP contribution in [0.25, 0.3) is 0 Å². The molecule has 2 aromatic carbocycles. The third kappa shape index (κ3) is 5.31. The average Bonchev–Trinajstić information content (AvgIpc) is 3.40. The Morgan fingerprint density at radius 1 is 1.07 bits per heavy atom. The van der Waals surface area contributed by atoms with Gasteiger partial charge in [0.15, 0.2) is 11.7 Å². The second-order valence-corrected chi connectivity index (χ2v) is 10.1. The van der Waals surface area contributed by atoms with Crippen molar-refractivity contribution in [1.82, 2.24) is 4.98 Å². The number of benzene rings is 2. The number of carbonyl (C=O) groups is 1. The number of hydrogen-bond acceptors (Lipinski definition) is 6. The van der Waals surface area contributed by atoms with Crippen LogP contribution in [0, 0.1) is 0 Å². The van der Waals surface area contributed by atoms with E-state index in [1.807, 2.05) is 60.1 Å². The van der Waals surface area contributed by atoms with Gasteiger partial charge in [0.1, 0.15) is 5.75 Å². The maximum absolute atomic E-state index is 12.2. The maximum atomic E-state index is 12.2. The normalized spacial score (nSPS) is 14.1. The molecule has 4 nitrogen and oxygen atoms in total. The van der Waals surface area contributed by atoms with Gasteiger partial charge >= 0.3 is 0 Å². The smallest absolute Gasteiger partial charge is 0.264 e. The van der Waals surface area contributed by atoms with E-state index >= 15 is 0 Å². The molecule has 1 amide bonds. The highest BCUT2D eigenvalue weighted by molar-refractivity contribution is 8.19. The summed E-state index contributed by atoms with van der Waals surface area (Å²) >= 11 is 5.44. The lowest BCUT2D eigenvalue weighted by atomic mass is 10.1. The molecule has 2 heterocycles. The van der Waals surface area contributed by atoms with Crippen LogP contribution < -0.4 is 10.1 Å². The highest BCUT2D eigenvalue weighted by Crippen LogP contribution is 2.45. The number of carbonyl (C=O) groups excluding carboxylic acids is 1. The van der Waals surface area contributed by atoms with Gasteiger partial charge in [-0.05, 0) is 23.3 Å². The van der Waals surface area contributed by atoms with Crippen molar-refractivity contribution in [2.75, 3.05) is 23.4 Å². The second-order valence-electron chi connectivity index (χ2n) is 6.27. The number of thiazole rings is 1. The summed E-state index contributed by atoms with van der Waals surface area (Å²) in [5.41, 5.74) is 2.53. The molecule has 4 rings (SSSR count). The maximum Gasteiger partial charge on any atom is 0.264 e. The Morgan fingerprint density at radius 2 is 1.82 bits per heavy atom. The second kappa shape index (κ2) is 9.49. The van der Waals surface area contributed by atoms with Gasteiger partial charge in [0.05, 0.1) is 4.58 Å². The predicted octanol–water partition coefficient (Wildman–Crippen LogP) is 5.23. The minimum absolute atomic E-state index is 0.0279. The van der Waals surface area contributed by atoms with Crippen LogP contribution in [0.3, 0.4) is 0 Å². The van der Waals surface area contributed by atoms with Crippen LogP contribution in [-0.4, -0.2) is 29.0 Å². The summed E-state index contributed by atoms with van der Waals surface area (Å²) in [4.78, 5) is 17.6. The summed E-state index contributed by atoms with van der Waals surface area (Å²) in [6.07, 6.45) is 2.63. The van der Waals surface area contributed by atoms with Gasteiger partial charge in [-0.1, -0.05) is 42.5 Å². The summed E-state index contributed by atoms with van der Waals surface area (Å²) in [7, 11) is 0. The van der Waals surface area contributed by atoms with E-state index in [2.05, 4.69) is 34.6 Å². The largest absolute Gasteiger partial charge is 0.484 e. The Kier molecular flexibility index (Phi) is 6.57. The van der Waals surface area contributed by atoms with Crippen LogP contribution in [0.5, 0.6) is 5.75 Å². The quantitative estimate of drug-likeness (QED) is 0.558. The van der Waals surface area contributed by atoms with Crippen molar-refractivity contribution in [3.63, 3.8) is 0 Å². The van der Waals surface area contributed by atoms with Crippen molar-refractivity contribution in [2.24, 2.45) is 0 Å². The molecule has 1 aromatic heterocycles. The highest BCUT2D eigenvalue weighted by Gasteiger charge is 2.18. The Morgan fingerprint density at radius 3 is 2.57 bits per heavy atom. The Bertz CT molecular complexity index is 907. The molecule has 0 radical (unpaired) electrons. The van der Waals surface area contributed by atoms with Gasteiger partial charge in [-0.15, -0.1) is 34.9 Å². The molecule has 144 valence electrons. The van der Waals surface area contributed by atoms with Gasteiger partial charge in [0, 0.05) is 29.0 Å². The number of ether oxygens (including phenoxy) is 1. The lowest BCUT2D eigenvalue weighted by Gasteiger charge is -2.10. The molecule has 7 heteroatoms. The minimum atomic E-state index is -0.202. The van der Waals surface area contributed by atoms with Crippen molar-refractivity contribution in [1.29, 1.82) is 0 Å². The molecule has 0 atom stereocenters. The molecule has 1 aliphatic heterocycles. The van der Waals surface area contributed by atoms with E-state index in [0.29, 0.717) is 15.5 Å². The van der Waals surface area contributed by atoms with E-state index in [1.165, 1.54) is 34.0 Å². The first kappa shape index (κ1) is 19.4. The fraction of sp³-hybridized carbons (Fsp3) is 0.238. The number of nitrogens with zero attached hydrogens (tertiary/aromatic N) is 1. The average molecular weight is 429 g/mol. The molecule has 0 aliphatic carbocycles. The van der Waals surface area contributed by atoms with E-state index < -0.39 is 0 Å². The number of nitrogens with one attached hydrogen (secondary N) is 1. The van der Waals surface area contributed by atoms with Crippen LogP contribution in [0.15, 0.2) is 60.8 Å². The first-order valence-electron chi connectivity index (χ1n) is 9.01. The van der Waals surface area contributed by atoms with Crippen LogP contribution in [0.2, 0.25) is 0 Å². The molecule has 0 unspecified atom stereocenters. The first-order chi connectivity index (χ1) is 13.8. The van der Waals surface area contributed by atoms with Crippen molar-refractivity contribution in [3.05, 3.63) is 76.8 Å². The molecule has 1 N–H and O–H groups in total. The van der Waals surface area contributed by atoms with E-state index in [0.717, 1.165) is 11.3 Å². The van der Waals surface area contributed by atoms with E-state index in [9.17, 15) is 4.79 Å². The van der Waals surface area contributed by atoms with Crippen molar-refractivity contribution >= 4 is 45.9 Å². The Labute approximate surface area is 177 Å². The number of thioether (sulfide) groups is 2. The van der Waals surface area contributed by atoms with Crippen molar-refractivity contribution in [2.45, 2.75) is 11.0 Å². The lowest BCUT2D eigenvalue weighted by Crippen LogP contribution is -2.19. The molecule has 1 saturated heterocycles. The van der Waals surface area contributed by atoms with E-state index in [1.54, 1.807) is 0 Å². The topological polar surface area (TPSA) is 51.2 Å². The predicted molar refractivity (Wildman–Crippen MR) is 120 cm³/mol. The summed E-state index contributed by atoms with van der Waals surface area (Å²) < 4.78 is 6.13.